The largest absolute Gasteiger partial charge is 0.354 e. The predicted octanol–water partition coefficient (Wildman–Crippen LogP) is 2.28. The Morgan fingerprint density at radius 2 is 2.30 bits per heavy atom. The van der Waals surface area contributed by atoms with Crippen LogP contribution in [-0.2, 0) is 7.05 Å². The highest BCUT2D eigenvalue weighted by atomic mass is 79.9. The number of nitrogens with one attached hydrogen (secondary N) is 1. The second-order valence-electron chi connectivity index (χ2n) is 5.93. The summed E-state index contributed by atoms with van der Waals surface area (Å²) in [5.74, 6) is 0.878. The molecule has 0 saturated carbocycles. The number of nitrogens with zero attached hydrogens (tertiary/aromatic N) is 4. The molecule has 6 nitrogen and oxygen atoms in total. The number of piperidine rings is 1. The van der Waals surface area contributed by atoms with Gasteiger partial charge in [-0.05, 0) is 53.4 Å². The molecule has 2 aromatic heterocycles. The zero-order chi connectivity index (χ0) is 16.4. The van der Waals surface area contributed by atoms with Crippen molar-refractivity contribution in [1.82, 2.24) is 20.1 Å². The first-order chi connectivity index (χ1) is 11.0. The Bertz CT molecular complexity index is 714. The van der Waals surface area contributed by atoms with Crippen LogP contribution in [-0.4, -0.2) is 39.8 Å². The summed E-state index contributed by atoms with van der Waals surface area (Å²) in [6, 6.07) is 3.91. The molecule has 0 aromatic carbocycles. The lowest BCUT2D eigenvalue weighted by Gasteiger charge is -2.34. The molecule has 0 spiro atoms. The van der Waals surface area contributed by atoms with Crippen molar-refractivity contribution in [1.29, 1.82) is 0 Å². The summed E-state index contributed by atoms with van der Waals surface area (Å²) in [6.07, 6.45) is 5.60. The van der Waals surface area contributed by atoms with Gasteiger partial charge in [0.2, 0.25) is 0 Å². The van der Waals surface area contributed by atoms with E-state index >= 15 is 0 Å². The summed E-state index contributed by atoms with van der Waals surface area (Å²) in [4.78, 5) is 19.0. The number of aryl methyl sites for hydroxylation is 2. The van der Waals surface area contributed by atoms with Crippen molar-refractivity contribution in [3.63, 3.8) is 0 Å². The molecule has 3 rings (SSSR count). The maximum Gasteiger partial charge on any atom is 0.272 e. The van der Waals surface area contributed by atoms with E-state index in [2.05, 4.69) is 49.2 Å². The molecule has 1 saturated heterocycles. The van der Waals surface area contributed by atoms with Gasteiger partial charge in [0.05, 0.1) is 0 Å². The molecule has 1 aliphatic heterocycles. The first-order valence-corrected chi connectivity index (χ1v) is 8.50. The maximum absolute atomic E-state index is 12.3. The second-order valence-corrected chi connectivity index (χ2v) is 6.84. The van der Waals surface area contributed by atoms with E-state index in [9.17, 15) is 4.79 Å². The lowest BCUT2D eigenvalue weighted by molar-refractivity contribution is 0.0927. The van der Waals surface area contributed by atoms with Crippen molar-refractivity contribution in [3.8, 4) is 0 Å². The molecule has 1 aliphatic rings. The van der Waals surface area contributed by atoms with Crippen molar-refractivity contribution in [2.24, 2.45) is 7.05 Å². The van der Waals surface area contributed by atoms with E-state index in [1.165, 1.54) is 0 Å². The molecule has 23 heavy (non-hydrogen) atoms. The van der Waals surface area contributed by atoms with Gasteiger partial charge in [-0.1, -0.05) is 0 Å². The summed E-state index contributed by atoms with van der Waals surface area (Å²) >= 11 is 3.45. The number of carbonyl (C=O) groups is 1. The lowest BCUT2D eigenvalue weighted by Crippen LogP contribution is -2.48. The van der Waals surface area contributed by atoms with Crippen molar-refractivity contribution >= 4 is 27.7 Å². The molecular weight excluding hydrogens is 358 g/mol. The van der Waals surface area contributed by atoms with E-state index in [0.717, 1.165) is 41.8 Å². The molecule has 0 aliphatic carbocycles. The van der Waals surface area contributed by atoms with Gasteiger partial charge in [0.15, 0.2) is 0 Å². The van der Waals surface area contributed by atoms with Crippen LogP contribution in [0.4, 0.5) is 5.82 Å². The third-order valence-electron chi connectivity index (χ3n) is 4.02. The molecule has 1 unspecified atom stereocenters. The van der Waals surface area contributed by atoms with Gasteiger partial charge in [-0.3, -0.25) is 9.48 Å². The van der Waals surface area contributed by atoms with Gasteiger partial charge >= 0.3 is 0 Å². The third kappa shape index (κ3) is 3.72. The Morgan fingerprint density at radius 1 is 1.48 bits per heavy atom. The zero-order valence-electron chi connectivity index (χ0n) is 13.3. The highest BCUT2D eigenvalue weighted by Gasteiger charge is 2.24. The summed E-state index contributed by atoms with van der Waals surface area (Å²) in [5, 5.41) is 7.24. The first-order valence-electron chi connectivity index (χ1n) is 7.70. The number of carbonyl (C=O) groups excluding carboxylic acids is 1. The summed E-state index contributed by atoms with van der Waals surface area (Å²) in [5.41, 5.74) is 1.60. The molecule has 1 N–H and O–H groups in total. The monoisotopic (exact) mass is 377 g/mol. The topological polar surface area (TPSA) is 63.1 Å². The van der Waals surface area contributed by atoms with Crippen LogP contribution in [0.5, 0.6) is 0 Å². The molecule has 7 heteroatoms. The lowest BCUT2D eigenvalue weighted by atomic mass is 10.0. The SMILES string of the molecule is Cc1cc(Br)cnc1N1CCCC(NC(=O)c2ccn(C)n2)C1. The zero-order valence-corrected chi connectivity index (χ0v) is 14.9. The Morgan fingerprint density at radius 3 is 3.00 bits per heavy atom. The fourth-order valence-corrected chi connectivity index (χ4v) is 3.39. The van der Waals surface area contributed by atoms with Crippen molar-refractivity contribution in [2.45, 2.75) is 25.8 Å². The van der Waals surface area contributed by atoms with Gasteiger partial charge in [-0.25, -0.2) is 4.98 Å². The number of hydrogen-bond donors (Lipinski definition) is 1. The van der Waals surface area contributed by atoms with Crippen LogP contribution in [0.1, 0.15) is 28.9 Å². The van der Waals surface area contributed by atoms with Gasteiger partial charge in [0.1, 0.15) is 11.5 Å². The summed E-state index contributed by atoms with van der Waals surface area (Å²) < 4.78 is 2.62. The molecule has 1 atom stereocenters. The summed E-state index contributed by atoms with van der Waals surface area (Å²) in [7, 11) is 1.81. The highest BCUT2D eigenvalue weighted by molar-refractivity contribution is 9.10. The molecule has 2 aromatic rings. The van der Waals surface area contributed by atoms with Gasteiger partial charge in [-0.15, -0.1) is 0 Å². The van der Waals surface area contributed by atoms with Crippen molar-refractivity contribution < 1.29 is 4.79 Å². The minimum absolute atomic E-state index is 0.113. The Balaban J connectivity index is 1.67. The highest BCUT2D eigenvalue weighted by Crippen LogP contribution is 2.24. The molecule has 1 fully saturated rings. The van der Waals surface area contributed by atoms with Crippen LogP contribution < -0.4 is 10.2 Å². The van der Waals surface area contributed by atoms with Crippen LogP contribution in [0.2, 0.25) is 0 Å². The Labute approximate surface area is 144 Å². The van der Waals surface area contributed by atoms with E-state index in [4.69, 9.17) is 0 Å². The second kappa shape index (κ2) is 6.70. The minimum atomic E-state index is -0.113. The van der Waals surface area contributed by atoms with Crippen LogP contribution in [0.15, 0.2) is 29.0 Å². The van der Waals surface area contributed by atoms with Crippen LogP contribution >= 0.6 is 15.9 Å². The van der Waals surface area contributed by atoms with E-state index in [-0.39, 0.29) is 11.9 Å². The van der Waals surface area contributed by atoms with Crippen LogP contribution in [0.3, 0.4) is 0 Å². The molecule has 3 heterocycles. The van der Waals surface area contributed by atoms with E-state index in [1.54, 1.807) is 24.0 Å². The number of amides is 1. The van der Waals surface area contributed by atoms with Crippen molar-refractivity contribution in [3.05, 3.63) is 40.3 Å². The van der Waals surface area contributed by atoms with Crippen LogP contribution in [0.25, 0.3) is 0 Å². The molecule has 122 valence electrons. The maximum atomic E-state index is 12.3. The van der Waals surface area contributed by atoms with E-state index in [1.807, 2.05) is 6.20 Å². The standard InChI is InChI=1S/C16H20BrN5O/c1-11-8-12(17)9-18-15(11)22-6-3-4-13(10-22)19-16(23)14-5-7-21(2)20-14/h5,7-9,13H,3-4,6,10H2,1-2H3,(H,19,23). The average Bonchev–Trinajstić information content (AvgIpc) is 2.94. The smallest absolute Gasteiger partial charge is 0.272 e. The third-order valence-corrected chi connectivity index (χ3v) is 4.45. The van der Waals surface area contributed by atoms with Crippen LogP contribution in [0, 0.1) is 6.92 Å². The summed E-state index contributed by atoms with van der Waals surface area (Å²) in [6.45, 7) is 3.79. The van der Waals surface area contributed by atoms with E-state index in [0.29, 0.717) is 5.69 Å². The first kappa shape index (κ1) is 16.0. The molecule has 1 amide bonds. The molecular formula is C16H20BrN5O. The predicted molar refractivity (Wildman–Crippen MR) is 92.6 cm³/mol. The molecule has 0 radical (unpaired) electrons. The minimum Gasteiger partial charge on any atom is -0.354 e. The van der Waals surface area contributed by atoms with Gasteiger partial charge in [-0.2, -0.15) is 5.10 Å². The number of hydrogen-bond acceptors (Lipinski definition) is 4. The van der Waals surface area contributed by atoms with Crippen molar-refractivity contribution in [2.75, 3.05) is 18.0 Å². The number of pyridine rings is 1. The van der Waals surface area contributed by atoms with Gasteiger partial charge in [0.25, 0.3) is 5.91 Å². The van der Waals surface area contributed by atoms with Gasteiger partial charge < -0.3 is 10.2 Å². The average molecular weight is 378 g/mol. The number of halogens is 1. The Hall–Kier alpha value is -1.89. The van der Waals surface area contributed by atoms with E-state index < -0.39 is 0 Å². The fraction of sp³-hybridized carbons (Fsp3) is 0.438. The number of rotatable bonds is 3. The molecule has 0 bridgehead atoms. The number of aromatic nitrogens is 3. The van der Waals surface area contributed by atoms with Gasteiger partial charge in [0, 0.05) is 43.0 Å². The normalized spacial score (nSPS) is 18.0. The fourth-order valence-electron chi connectivity index (χ4n) is 2.95. The quantitative estimate of drug-likeness (QED) is 0.890. The Kier molecular flexibility index (Phi) is 4.66. The number of anilines is 1.